The number of nitrogens with one attached hydrogen (secondary N) is 2. The lowest BCUT2D eigenvalue weighted by molar-refractivity contribution is 0.634. The van der Waals surface area contributed by atoms with Crippen LogP contribution in [-0.4, -0.2) is 11.2 Å². The number of thiocarbonyl (C=S) groups is 1. The summed E-state index contributed by atoms with van der Waals surface area (Å²) in [7, 11) is 0. The van der Waals surface area contributed by atoms with E-state index < -0.39 is 0 Å². The second-order valence-electron chi connectivity index (χ2n) is 4.90. The molecule has 92 valence electrons. The molecule has 0 unspecified atom stereocenters. The van der Waals surface area contributed by atoms with Crippen molar-refractivity contribution in [1.82, 2.24) is 5.32 Å². The van der Waals surface area contributed by atoms with Gasteiger partial charge in [-0.05, 0) is 50.5 Å². The smallest absolute Gasteiger partial charge is 0.171 e. The van der Waals surface area contributed by atoms with Crippen LogP contribution in [0.3, 0.4) is 0 Å². The van der Waals surface area contributed by atoms with Gasteiger partial charge in [0.1, 0.15) is 0 Å². The van der Waals surface area contributed by atoms with Crippen LogP contribution in [0.25, 0.3) is 0 Å². The van der Waals surface area contributed by atoms with E-state index in [1.165, 1.54) is 36.8 Å². The third-order valence-corrected chi connectivity index (χ3v) is 3.54. The number of rotatable bonds is 2. The van der Waals surface area contributed by atoms with Crippen molar-refractivity contribution in [2.24, 2.45) is 0 Å². The lowest BCUT2D eigenvalue weighted by Gasteiger charge is -2.17. The molecule has 0 radical (unpaired) electrons. The third-order valence-electron chi connectivity index (χ3n) is 3.32. The normalized spacial score (nSPS) is 15.9. The molecule has 17 heavy (non-hydrogen) atoms. The number of aryl methyl sites for hydroxylation is 2. The third kappa shape index (κ3) is 3.43. The summed E-state index contributed by atoms with van der Waals surface area (Å²) < 4.78 is 0. The molecule has 0 heterocycles. The van der Waals surface area contributed by atoms with E-state index in [-0.39, 0.29) is 0 Å². The monoisotopic (exact) mass is 248 g/mol. The summed E-state index contributed by atoms with van der Waals surface area (Å²) in [6.07, 6.45) is 5.14. The number of hydrogen-bond donors (Lipinski definition) is 2. The highest BCUT2D eigenvalue weighted by Crippen LogP contribution is 2.19. The summed E-state index contributed by atoms with van der Waals surface area (Å²) in [5.41, 5.74) is 3.62. The van der Waals surface area contributed by atoms with Gasteiger partial charge >= 0.3 is 0 Å². The van der Waals surface area contributed by atoms with Gasteiger partial charge in [0.05, 0.1) is 0 Å². The van der Waals surface area contributed by atoms with Gasteiger partial charge in [-0.1, -0.05) is 30.5 Å². The maximum absolute atomic E-state index is 5.34. The molecule has 0 aliphatic heterocycles. The van der Waals surface area contributed by atoms with E-state index in [1.807, 2.05) is 0 Å². The van der Waals surface area contributed by atoms with E-state index in [1.54, 1.807) is 0 Å². The largest absolute Gasteiger partial charge is 0.360 e. The van der Waals surface area contributed by atoms with E-state index in [9.17, 15) is 0 Å². The van der Waals surface area contributed by atoms with Crippen LogP contribution in [0.1, 0.15) is 36.8 Å². The minimum absolute atomic E-state index is 0.570. The van der Waals surface area contributed by atoms with Gasteiger partial charge in [-0.15, -0.1) is 0 Å². The topological polar surface area (TPSA) is 24.1 Å². The number of anilines is 1. The molecule has 1 aromatic carbocycles. The molecule has 2 nitrogen and oxygen atoms in total. The highest BCUT2D eigenvalue weighted by Gasteiger charge is 2.15. The minimum atomic E-state index is 0.570. The van der Waals surface area contributed by atoms with Gasteiger partial charge in [0.25, 0.3) is 0 Å². The fraction of sp³-hybridized carbons (Fsp3) is 0.500. The molecule has 1 aliphatic carbocycles. The Labute approximate surface area is 109 Å². The molecule has 1 aromatic rings. The van der Waals surface area contributed by atoms with Crippen molar-refractivity contribution in [2.45, 2.75) is 45.6 Å². The molecule has 2 N–H and O–H groups in total. The first-order valence-electron chi connectivity index (χ1n) is 6.30. The summed E-state index contributed by atoms with van der Waals surface area (Å²) >= 11 is 5.34. The second-order valence-corrected chi connectivity index (χ2v) is 5.31. The first-order chi connectivity index (χ1) is 8.15. The van der Waals surface area contributed by atoms with Crippen molar-refractivity contribution in [1.29, 1.82) is 0 Å². The summed E-state index contributed by atoms with van der Waals surface area (Å²) in [6, 6.07) is 6.93. The quantitative estimate of drug-likeness (QED) is 0.783. The van der Waals surface area contributed by atoms with Gasteiger partial charge in [-0.3, -0.25) is 0 Å². The maximum atomic E-state index is 5.34. The van der Waals surface area contributed by atoms with Crippen LogP contribution in [0.15, 0.2) is 18.2 Å². The van der Waals surface area contributed by atoms with Crippen molar-refractivity contribution < 1.29 is 0 Å². The van der Waals surface area contributed by atoms with Gasteiger partial charge in [-0.25, -0.2) is 0 Å². The van der Waals surface area contributed by atoms with E-state index in [0.717, 1.165) is 10.8 Å². The van der Waals surface area contributed by atoms with Crippen LogP contribution in [-0.2, 0) is 0 Å². The van der Waals surface area contributed by atoms with Crippen LogP contribution in [0.2, 0.25) is 0 Å². The molecule has 0 atom stereocenters. The molecule has 1 aliphatic rings. The van der Waals surface area contributed by atoms with Crippen molar-refractivity contribution >= 4 is 23.0 Å². The SMILES string of the molecule is Cc1ccc(NC(=S)NC2CCCC2)c(C)c1. The molecular weight excluding hydrogens is 228 g/mol. The molecule has 1 fully saturated rings. The Bertz CT molecular complexity index is 409. The van der Waals surface area contributed by atoms with E-state index >= 15 is 0 Å². The first kappa shape index (κ1) is 12.4. The predicted octanol–water partition coefficient (Wildman–Crippen LogP) is 3.53. The van der Waals surface area contributed by atoms with Crippen LogP contribution in [0.4, 0.5) is 5.69 Å². The zero-order valence-corrected chi connectivity index (χ0v) is 11.4. The van der Waals surface area contributed by atoms with Gasteiger partial charge in [0.15, 0.2) is 5.11 Å². The summed E-state index contributed by atoms with van der Waals surface area (Å²) in [5.74, 6) is 0. The van der Waals surface area contributed by atoms with Crippen molar-refractivity contribution in [3.63, 3.8) is 0 Å². The van der Waals surface area contributed by atoms with Crippen LogP contribution in [0, 0.1) is 13.8 Å². The number of benzene rings is 1. The first-order valence-corrected chi connectivity index (χ1v) is 6.71. The summed E-state index contributed by atoms with van der Waals surface area (Å²) in [5, 5.41) is 7.43. The molecular formula is C14H20N2S. The standard InChI is InChI=1S/C14H20N2S/c1-10-7-8-13(11(2)9-10)16-14(17)15-12-5-3-4-6-12/h7-9,12H,3-6H2,1-2H3,(H2,15,16,17). The molecule has 0 bridgehead atoms. The Hall–Kier alpha value is -1.09. The summed E-state index contributed by atoms with van der Waals surface area (Å²) in [4.78, 5) is 0. The predicted molar refractivity (Wildman–Crippen MR) is 77.5 cm³/mol. The average Bonchev–Trinajstić information content (AvgIpc) is 2.75. The van der Waals surface area contributed by atoms with Crippen LogP contribution in [0.5, 0.6) is 0 Å². The van der Waals surface area contributed by atoms with Gasteiger partial charge in [0, 0.05) is 11.7 Å². The molecule has 2 rings (SSSR count). The Morgan fingerprint density at radius 1 is 1.24 bits per heavy atom. The van der Waals surface area contributed by atoms with Crippen LogP contribution < -0.4 is 10.6 Å². The van der Waals surface area contributed by atoms with Crippen molar-refractivity contribution in [2.75, 3.05) is 5.32 Å². The highest BCUT2D eigenvalue weighted by atomic mass is 32.1. The van der Waals surface area contributed by atoms with Gasteiger partial charge < -0.3 is 10.6 Å². The van der Waals surface area contributed by atoms with Gasteiger partial charge in [-0.2, -0.15) is 0 Å². The molecule has 0 aromatic heterocycles. The lowest BCUT2D eigenvalue weighted by atomic mass is 10.1. The van der Waals surface area contributed by atoms with E-state index in [2.05, 4.69) is 42.7 Å². The fourth-order valence-electron chi connectivity index (χ4n) is 2.37. The number of hydrogen-bond acceptors (Lipinski definition) is 1. The molecule has 0 spiro atoms. The molecule has 1 saturated carbocycles. The zero-order chi connectivity index (χ0) is 12.3. The van der Waals surface area contributed by atoms with Crippen LogP contribution >= 0.6 is 12.2 Å². The van der Waals surface area contributed by atoms with E-state index in [0.29, 0.717) is 6.04 Å². The minimum Gasteiger partial charge on any atom is -0.360 e. The van der Waals surface area contributed by atoms with Gasteiger partial charge in [0.2, 0.25) is 0 Å². The van der Waals surface area contributed by atoms with Crippen molar-refractivity contribution in [3.05, 3.63) is 29.3 Å². The summed E-state index contributed by atoms with van der Waals surface area (Å²) in [6.45, 7) is 4.21. The Balaban J connectivity index is 1.93. The highest BCUT2D eigenvalue weighted by molar-refractivity contribution is 7.80. The molecule has 3 heteroatoms. The Kier molecular flexibility index (Phi) is 4.00. The second kappa shape index (κ2) is 5.50. The van der Waals surface area contributed by atoms with E-state index in [4.69, 9.17) is 12.2 Å². The lowest BCUT2D eigenvalue weighted by Crippen LogP contribution is -2.36. The molecule has 0 saturated heterocycles. The Morgan fingerprint density at radius 3 is 2.59 bits per heavy atom. The average molecular weight is 248 g/mol. The maximum Gasteiger partial charge on any atom is 0.171 e. The molecule has 0 amide bonds. The van der Waals surface area contributed by atoms with Crippen molar-refractivity contribution in [3.8, 4) is 0 Å². The fourth-order valence-corrected chi connectivity index (χ4v) is 2.64. The Morgan fingerprint density at radius 2 is 1.94 bits per heavy atom. The zero-order valence-electron chi connectivity index (χ0n) is 10.5.